The zero-order valence-electron chi connectivity index (χ0n) is 15.2. The Morgan fingerprint density at radius 3 is 1.33 bits per heavy atom. The molecule has 0 bridgehead atoms. The van der Waals surface area contributed by atoms with Crippen LogP contribution in [0.3, 0.4) is 0 Å². The molecular formula is C14H18I3N2NaO7. The summed E-state index contributed by atoms with van der Waals surface area (Å²) in [7, 11) is 0. The van der Waals surface area contributed by atoms with Gasteiger partial charge in [-0.25, -0.2) is 0 Å². The van der Waals surface area contributed by atoms with Gasteiger partial charge in [-0.3, -0.25) is 9.59 Å². The Hall–Kier alpha value is 0.990. The van der Waals surface area contributed by atoms with Gasteiger partial charge in [-0.05, 0) is 67.8 Å². The Balaban J connectivity index is 0. The Kier molecular flexibility index (Phi) is 13.8. The normalized spacial score (nSPS) is 10.7. The number of halogens is 3. The van der Waals surface area contributed by atoms with E-state index in [0.717, 1.165) is 0 Å². The van der Waals surface area contributed by atoms with Crippen LogP contribution in [-0.2, 0) is 0 Å². The van der Waals surface area contributed by atoms with Crippen molar-refractivity contribution < 1.29 is 66.1 Å². The van der Waals surface area contributed by atoms with Crippen molar-refractivity contribution in [2.24, 2.45) is 0 Å². The maximum Gasteiger partial charge on any atom is 1.00 e. The molecule has 0 saturated carbocycles. The summed E-state index contributed by atoms with van der Waals surface area (Å²) >= 11 is 5.32. The SMILES string of the molecule is O=C(NC(CO)CO)c1c(I)c(O)c(I)c(C(=O)NC(CO)CO)c1I.[H-].[Na+]. The van der Waals surface area contributed by atoms with Gasteiger partial charge in [0.05, 0.1) is 56.8 Å². The van der Waals surface area contributed by atoms with Crippen LogP contribution in [0, 0.1) is 10.7 Å². The Labute approximate surface area is 219 Å². The van der Waals surface area contributed by atoms with E-state index in [9.17, 15) is 14.7 Å². The molecule has 0 aliphatic rings. The third-order valence-electron chi connectivity index (χ3n) is 3.30. The van der Waals surface area contributed by atoms with Crippen molar-refractivity contribution in [1.82, 2.24) is 10.6 Å². The fourth-order valence-electron chi connectivity index (χ4n) is 1.86. The van der Waals surface area contributed by atoms with Gasteiger partial charge < -0.3 is 37.6 Å². The molecule has 0 aromatic heterocycles. The quantitative estimate of drug-likeness (QED) is 0.108. The molecule has 0 atom stereocenters. The molecule has 0 radical (unpaired) electrons. The fourth-order valence-corrected chi connectivity index (χ4v) is 6.01. The van der Waals surface area contributed by atoms with Crippen molar-refractivity contribution in [3.8, 4) is 5.75 Å². The summed E-state index contributed by atoms with van der Waals surface area (Å²) in [6.07, 6.45) is 0. The molecule has 0 fully saturated rings. The van der Waals surface area contributed by atoms with Gasteiger partial charge in [0.15, 0.2) is 0 Å². The number of rotatable bonds is 8. The van der Waals surface area contributed by atoms with Crippen molar-refractivity contribution in [3.63, 3.8) is 0 Å². The number of aliphatic hydroxyl groups excluding tert-OH is 4. The number of phenols is 1. The van der Waals surface area contributed by atoms with E-state index < -0.39 is 50.3 Å². The topological polar surface area (TPSA) is 159 Å². The third-order valence-corrected chi connectivity index (χ3v) is 6.48. The molecule has 0 unspecified atom stereocenters. The Bertz CT molecular complexity index is 638. The van der Waals surface area contributed by atoms with Gasteiger partial charge in [0, 0.05) is 3.57 Å². The largest absolute Gasteiger partial charge is 1.00 e. The first-order valence-corrected chi connectivity index (χ1v) is 10.4. The number of aliphatic hydroxyl groups is 4. The number of amides is 2. The van der Waals surface area contributed by atoms with Crippen molar-refractivity contribution >= 4 is 79.6 Å². The molecule has 148 valence electrons. The predicted molar refractivity (Wildman–Crippen MR) is 118 cm³/mol. The molecule has 0 saturated heterocycles. The minimum Gasteiger partial charge on any atom is -1.00 e. The molecule has 0 heterocycles. The molecule has 9 nitrogen and oxygen atoms in total. The van der Waals surface area contributed by atoms with E-state index in [2.05, 4.69) is 10.6 Å². The van der Waals surface area contributed by atoms with Crippen molar-refractivity contribution in [3.05, 3.63) is 21.8 Å². The monoisotopic (exact) mass is 730 g/mol. The number of aromatic hydroxyl groups is 1. The predicted octanol–water partition coefficient (Wildman–Crippen LogP) is -3.51. The van der Waals surface area contributed by atoms with E-state index in [1.165, 1.54) is 0 Å². The molecule has 27 heavy (non-hydrogen) atoms. The summed E-state index contributed by atoms with van der Waals surface area (Å²) in [6, 6.07) is -1.78. The number of benzene rings is 1. The number of carbonyl (C=O) groups excluding carboxylic acids is 2. The van der Waals surface area contributed by atoms with E-state index >= 15 is 0 Å². The van der Waals surface area contributed by atoms with Gasteiger partial charge in [0.25, 0.3) is 11.8 Å². The number of phenolic OH excluding ortho intramolecular Hbond substituents is 1. The summed E-state index contributed by atoms with van der Waals surface area (Å²) in [6.45, 7) is -1.91. The zero-order chi connectivity index (χ0) is 20.0. The average molecular weight is 730 g/mol. The summed E-state index contributed by atoms with van der Waals surface area (Å²) in [5, 5.41) is 51.6. The second-order valence-corrected chi connectivity index (χ2v) is 8.35. The molecule has 13 heteroatoms. The number of hydrogen-bond donors (Lipinski definition) is 7. The maximum absolute atomic E-state index is 12.5. The summed E-state index contributed by atoms with van der Waals surface area (Å²) in [4.78, 5) is 25.0. The first-order chi connectivity index (χ1) is 12.2. The van der Waals surface area contributed by atoms with Crippen LogP contribution in [0.4, 0.5) is 0 Å². The molecular weight excluding hydrogens is 712 g/mol. The zero-order valence-corrected chi connectivity index (χ0v) is 22.6. The Morgan fingerprint density at radius 2 is 1.07 bits per heavy atom. The number of carbonyl (C=O) groups is 2. The van der Waals surface area contributed by atoms with Crippen molar-refractivity contribution in [2.45, 2.75) is 12.1 Å². The number of hydrogen-bond acceptors (Lipinski definition) is 7. The molecule has 1 aromatic carbocycles. The van der Waals surface area contributed by atoms with Crippen LogP contribution in [-0.4, -0.2) is 75.9 Å². The minimum atomic E-state index is -0.888. The van der Waals surface area contributed by atoms with E-state index in [1.54, 1.807) is 67.8 Å². The molecule has 2 amide bonds. The summed E-state index contributed by atoms with van der Waals surface area (Å²) < 4.78 is 0.662. The van der Waals surface area contributed by atoms with Crippen LogP contribution in [0.25, 0.3) is 0 Å². The van der Waals surface area contributed by atoms with Crippen LogP contribution >= 0.6 is 67.8 Å². The van der Waals surface area contributed by atoms with E-state index in [-0.39, 0.29) is 58.6 Å². The first kappa shape index (κ1) is 28.0. The average Bonchev–Trinajstić information content (AvgIpc) is 2.62. The van der Waals surface area contributed by atoms with Crippen molar-refractivity contribution in [1.29, 1.82) is 0 Å². The smallest absolute Gasteiger partial charge is 1.00 e. The van der Waals surface area contributed by atoms with Gasteiger partial charge in [-0.1, -0.05) is 0 Å². The van der Waals surface area contributed by atoms with Crippen LogP contribution in [0.5, 0.6) is 5.75 Å². The van der Waals surface area contributed by atoms with Gasteiger partial charge in [0.2, 0.25) is 0 Å². The molecule has 0 aliphatic carbocycles. The standard InChI is InChI=1S/C14H17I3N2O7.Na.H/c15-9-7(13(25)18-5(1-20)2-21)10(16)12(24)11(17)8(9)14(26)19-6(3-22)4-23;;/h5-6,20-24H,1-4H2,(H,18,25)(H,19,26);;/q;+1;-1. The second-order valence-electron chi connectivity index (χ2n) is 5.11. The second kappa shape index (κ2) is 13.3. The molecule has 7 N–H and O–H groups in total. The van der Waals surface area contributed by atoms with Gasteiger partial charge in [-0.2, -0.15) is 0 Å². The van der Waals surface area contributed by atoms with E-state index in [0.29, 0.717) is 0 Å². The Morgan fingerprint density at radius 1 is 0.778 bits per heavy atom. The van der Waals surface area contributed by atoms with E-state index in [4.69, 9.17) is 20.4 Å². The minimum absolute atomic E-state index is 0. The van der Waals surface area contributed by atoms with E-state index in [1.807, 2.05) is 0 Å². The van der Waals surface area contributed by atoms with Gasteiger partial charge in [0.1, 0.15) is 5.75 Å². The first-order valence-electron chi connectivity index (χ1n) is 7.17. The molecule has 1 rings (SSSR count). The maximum atomic E-state index is 12.5. The van der Waals surface area contributed by atoms with Crippen molar-refractivity contribution in [2.75, 3.05) is 26.4 Å². The molecule has 0 spiro atoms. The summed E-state index contributed by atoms with van der Waals surface area (Å²) in [5.74, 6) is -1.61. The van der Waals surface area contributed by atoms with Crippen LogP contribution in [0.2, 0.25) is 0 Å². The molecule has 0 aliphatic heterocycles. The fraction of sp³-hybridized carbons (Fsp3) is 0.429. The summed E-state index contributed by atoms with van der Waals surface area (Å²) in [5.41, 5.74) is 0.0384. The van der Waals surface area contributed by atoms with Gasteiger partial charge in [-0.15, -0.1) is 0 Å². The molecule has 1 aromatic rings. The van der Waals surface area contributed by atoms with Crippen LogP contribution in [0.15, 0.2) is 0 Å². The number of nitrogens with one attached hydrogen (secondary N) is 2. The van der Waals surface area contributed by atoms with Crippen LogP contribution < -0.4 is 40.2 Å². The third kappa shape index (κ3) is 7.02. The van der Waals surface area contributed by atoms with Crippen LogP contribution in [0.1, 0.15) is 22.1 Å². The van der Waals surface area contributed by atoms with Gasteiger partial charge >= 0.3 is 29.6 Å².